The Morgan fingerprint density at radius 2 is 1.76 bits per heavy atom. The van der Waals surface area contributed by atoms with E-state index in [-0.39, 0.29) is 37.0 Å². The fourth-order valence-electron chi connectivity index (χ4n) is 3.76. The van der Waals surface area contributed by atoms with Crippen LogP contribution in [0.4, 0.5) is 4.79 Å². The highest BCUT2D eigenvalue weighted by atomic mass is 32.2. The number of carbonyl (C=O) groups excluding carboxylic acids is 2. The van der Waals surface area contributed by atoms with E-state index in [1.807, 2.05) is 13.8 Å². The molecule has 2 aliphatic rings. The highest BCUT2D eigenvalue weighted by Crippen LogP contribution is 2.32. The summed E-state index contributed by atoms with van der Waals surface area (Å²) in [5.41, 5.74) is -0.526. The van der Waals surface area contributed by atoms with Crippen molar-refractivity contribution in [1.29, 1.82) is 0 Å². The van der Waals surface area contributed by atoms with Gasteiger partial charge in [0.15, 0.2) is 0 Å². The van der Waals surface area contributed by atoms with Gasteiger partial charge in [0.2, 0.25) is 10.0 Å². The quantitative estimate of drug-likeness (QED) is 0.631. The third-order valence-electron chi connectivity index (χ3n) is 5.20. The number of sulfonamides is 1. The average Bonchev–Trinajstić information content (AvgIpc) is 2.81. The Bertz CT molecular complexity index is 884. The van der Waals surface area contributed by atoms with Crippen LogP contribution >= 0.6 is 0 Å². The molecular weight excluding hydrogens is 398 g/mol. The number of ether oxygens (including phenoxy) is 2. The van der Waals surface area contributed by atoms with Gasteiger partial charge in [0.25, 0.3) is 5.91 Å². The minimum atomic E-state index is -3.85. The van der Waals surface area contributed by atoms with E-state index in [1.165, 1.54) is 35.6 Å². The maximum atomic E-state index is 13.3. The molecule has 2 saturated heterocycles. The molecule has 0 aliphatic carbocycles. The molecule has 0 bridgehead atoms. The van der Waals surface area contributed by atoms with Gasteiger partial charge in [-0.2, -0.15) is 4.31 Å². The Labute approximate surface area is 171 Å². The second kappa shape index (κ2) is 7.92. The SMILES string of the molecule is COCCN1C(=O)C2CN(S(=O)(=O)c3ccc(OC)cc3)CC(C)(C)CN2C1=O. The van der Waals surface area contributed by atoms with Crippen LogP contribution in [0.2, 0.25) is 0 Å². The largest absolute Gasteiger partial charge is 0.497 e. The zero-order valence-corrected chi connectivity index (χ0v) is 17.9. The molecule has 3 rings (SSSR count). The third-order valence-corrected chi connectivity index (χ3v) is 7.03. The van der Waals surface area contributed by atoms with Crippen LogP contribution < -0.4 is 4.74 Å². The number of carbonyl (C=O) groups is 2. The van der Waals surface area contributed by atoms with Crippen LogP contribution in [-0.2, 0) is 19.6 Å². The minimum Gasteiger partial charge on any atom is -0.497 e. The lowest BCUT2D eigenvalue weighted by atomic mass is 9.93. The van der Waals surface area contributed by atoms with Crippen molar-refractivity contribution in [3.8, 4) is 5.75 Å². The molecule has 0 spiro atoms. The minimum absolute atomic E-state index is 0.0775. The summed E-state index contributed by atoms with van der Waals surface area (Å²) in [5, 5.41) is 0. The van der Waals surface area contributed by atoms with Crippen LogP contribution in [-0.4, -0.2) is 87.5 Å². The Kier molecular flexibility index (Phi) is 5.88. The van der Waals surface area contributed by atoms with Crippen molar-refractivity contribution in [3.63, 3.8) is 0 Å². The van der Waals surface area contributed by atoms with Crippen molar-refractivity contribution in [2.75, 3.05) is 47.0 Å². The summed E-state index contributed by atoms with van der Waals surface area (Å²) in [5.74, 6) is 0.163. The maximum Gasteiger partial charge on any atom is 0.327 e. The number of nitrogens with zero attached hydrogens (tertiary/aromatic N) is 3. The van der Waals surface area contributed by atoms with Gasteiger partial charge in [-0.3, -0.25) is 9.69 Å². The molecule has 0 aromatic heterocycles. The molecule has 29 heavy (non-hydrogen) atoms. The number of fused-ring (bicyclic) bond motifs is 1. The standard InChI is InChI=1S/C19H27N3O6S/c1-19(2)12-20(29(25,26)15-7-5-14(28-4)6-8-15)11-16-17(23)21(9-10-27-3)18(24)22(16)13-19/h5-8,16H,9-13H2,1-4H3. The van der Waals surface area contributed by atoms with Crippen molar-refractivity contribution < 1.29 is 27.5 Å². The molecule has 1 aromatic carbocycles. The lowest BCUT2D eigenvalue weighted by Crippen LogP contribution is -2.44. The van der Waals surface area contributed by atoms with E-state index in [1.54, 1.807) is 12.1 Å². The van der Waals surface area contributed by atoms with E-state index in [9.17, 15) is 18.0 Å². The normalized spacial score (nSPS) is 22.6. The zero-order chi connectivity index (χ0) is 21.4. The number of methoxy groups -OCH3 is 2. The molecule has 1 atom stereocenters. The molecule has 10 heteroatoms. The van der Waals surface area contributed by atoms with Crippen molar-refractivity contribution in [2.24, 2.45) is 5.41 Å². The predicted octanol–water partition coefficient (Wildman–Crippen LogP) is 1.00. The van der Waals surface area contributed by atoms with Crippen LogP contribution in [0, 0.1) is 5.41 Å². The summed E-state index contributed by atoms with van der Waals surface area (Å²) in [7, 11) is -0.848. The number of imide groups is 1. The number of hydrogen-bond acceptors (Lipinski definition) is 6. The maximum absolute atomic E-state index is 13.3. The fourth-order valence-corrected chi connectivity index (χ4v) is 5.40. The molecule has 1 unspecified atom stereocenters. The van der Waals surface area contributed by atoms with Gasteiger partial charge in [-0.05, 0) is 29.7 Å². The lowest BCUT2D eigenvalue weighted by Gasteiger charge is -2.30. The summed E-state index contributed by atoms with van der Waals surface area (Å²) in [6, 6.07) is 4.90. The zero-order valence-electron chi connectivity index (χ0n) is 17.1. The molecular formula is C19H27N3O6S. The molecule has 160 valence electrons. The van der Waals surface area contributed by atoms with Gasteiger partial charge < -0.3 is 14.4 Å². The van der Waals surface area contributed by atoms with Crippen molar-refractivity contribution >= 4 is 22.0 Å². The molecule has 2 heterocycles. The molecule has 0 saturated carbocycles. The topological polar surface area (TPSA) is 96.5 Å². The molecule has 0 radical (unpaired) electrons. The van der Waals surface area contributed by atoms with E-state index in [4.69, 9.17) is 9.47 Å². The third kappa shape index (κ3) is 4.10. The lowest BCUT2D eigenvalue weighted by molar-refractivity contribution is -0.128. The summed E-state index contributed by atoms with van der Waals surface area (Å²) in [4.78, 5) is 28.4. The highest BCUT2D eigenvalue weighted by Gasteiger charge is 2.51. The Balaban J connectivity index is 1.93. The van der Waals surface area contributed by atoms with Crippen LogP contribution in [0.15, 0.2) is 29.2 Å². The molecule has 3 amide bonds. The second-order valence-electron chi connectivity index (χ2n) is 8.05. The molecule has 1 aromatic rings. The molecule has 2 fully saturated rings. The van der Waals surface area contributed by atoms with Gasteiger partial charge in [-0.25, -0.2) is 13.2 Å². The van der Waals surface area contributed by atoms with Crippen molar-refractivity contribution in [1.82, 2.24) is 14.1 Å². The van der Waals surface area contributed by atoms with E-state index >= 15 is 0 Å². The van der Waals surface area contributed by atoms with Gasteiger partial charge in [-0.15, -0.1) is 0 Å². The monoisotopic (exact) mass is 425 g/mol. The first-order valence-electron chi connectivity index (χ1n) is 9.36. The molecule has 2 aliphatic heterocycles. The first-order chi connectivity index (χ1) is 13.6. The van der Waals surface area contributed by atoms with Crippen LogP contribution in [0.3, 0.4) is 0 Å². The van der Waals surface area contributed by atoms with E-state index < -0.39 is 27.5 Å². The molecule has 0 N–H and O–H groups in total. The number of hydrogen-bond donors (Lipinski definition) is 0. The van der Waals surface area contributed by atoms with Gasteiger partial charge in [0.05, 0.1) is 25.2 Å². The number of urea groups is 1. The molecule has 9 nitrogen and oxygen atoms in total. The van der Waals surface area contributed by atoms with E-state index in [0.717, 1.165) is 4.90 Å². The summed E-state index contributed by atoms with van der Waals surface area (Å²) < 4.78 is 38.0. The second-order valence-corrected chi connectivity index (χ2v) is 9.98. The summed E-state index contributed by atoms with van der Waals surface area (Å²) >= 11 is 0. The van der Waals surface area contributed by atoms with Gasteiger partial charge in [-0.1, -0.05) is 13.8 Å². The first kappa shape index (κ1) is 21.5. The smallest absolute Gasteiger partial charge is 0.327 e. The number of rotatable bonds is 6. The van der Waals surface area contributed by atoms with Crippen molar-refractivity contribution in [3.05, 3.63) is 24.3 Å². The predicted molar refractivity (Wildman–Crippen MR) is 105 cm³/mol. The summed E-state index contributed by atoms with van der Waals surface area (Å²) in [6.07, 6.45) is 0. The number of amides is 3. The Hall–Kier alpha value is -2.17. The Morgan fingerprint density at radius 3 is 2.34 bits per heavy atom. The summed E-state index contributed by atoms with van der Waals surface area (Å²) in [6.45, 7) is 4.57. The van der Waals surface area contributed by atoms with E-state index in [0.29, 0.717) is 12.3 Å². The van der Waals surface area contributed by atoms with Gasteiger partial charge in [0.1, 0.15) is 11.8 Å². The van der Waals surface area contributed by atoms with Gasteiger partial charge >= 0.3 is 6.03 Å². The van der Waals surface area contributed by atoms with Crippen molar-refractivity contribution in [2.45, 2.75) is 24.8 Å². The van der Waals surface area contributed by atoms with Crippen LogP contribution in [0.1, 0.15) is 13.8 Å². The van der Waals surface area contributed by atoms with Crippen LogP contribution in [0.5, 0.6) is 5.75 Å². The highest BCUT2D eigenvalue weighted by molar-refractivity contribution is 7.89. The first-order valence-corrected chi connectivity index (χ1v) is 10.8. The average molecular weight is 426 g/mol. The fraction of sp³-hybridized carbons (Fsp3) is 0.579. The Morgan fingerprint density at radius 1 is 1.10 bits per heavy atom. The van der Waals surface area contributed by atoms with Crippen LogP contribution in [0.25, 0.3) is 0 Å². The van der Waals surface area contributed by atoms with Gasteiger partial charge in [0, 0.05) is 26.7 Å². The van der Waals surface area contributed by atoms with E-state index in [2.05, 4.69) is 0 Å². The number of benzene rings is 1.